The minimum Gasteiger partial charge on any atom is -0.481 e. The highest BCUT2D eigenvalue weighted by molar-refractivity contribution is 7.99. The molecule has 0 saturated heterocycles. The van der Waals surface area contributed by atoms with Gasteiger partial charge in [0.05, 0.1) is 17.5 Å². The van der Waals surface area contributed by atoms with Gasteiger partial charge in [0, 0.05) is 25.7 Å². The Morgan fingerprint density at radius 2 is 2.29 bits per heavy atom. The lowest BCUT2D eigenvalue weighted by Gasteiger charge is -2.08. The smallest absolute Gasteiger partial charge is 0.313 e. The second-order valence-electron chi connectivity index (χ2n) is 4.30. The predicted molar refractivity (Wildman–Crippen MR) is 79.2 cm³/mol. The van der Waals surface area contributed by atoms with Crippen molar-refractivity contribution in [2.45, 2.75) is 25.0 Å². The molecule has 0 fully saturated rings. The zero-order chi connectivity index (χ0) is 15.2. The summed E-state index contributed by atoms with van der Waals surface area (Å²) in [6.45, 7) is 2.91. The van der Waals surface area contributed by atoms with Crippen LogP contribution in [0, 0.1) is 0 Å². The van der Waals surface area contributed by atoms with Crippen molar-refractivity contribution in [3.8, 4) is 0 Å². The third kappa shape index (κ3) is 3.94. The van der Waals surface area contributed by atoms with E-state index in [2.05, 4.69) is 15.3 Å². The van der Waals surface area contributed by atoms with Gasteiger partial charge in [0.2, 0.25) is 5.91 Å². The van der Waals surface area contributed by atoms with Crippen molar-refractivity contribution in [3.63, 3.8) is 0 Å². The van der Waals surface area contributed by atoms with Gasteiger partial charge in [0.1, 0.15) is 5.52 Å². The number of imidazole rings is 1. The number of hydrogen-bond acceptors (Lipinski definition) is 5. The Kier molecular flexibility index (Phi) is 5.15. The van der Waals surface area contributed by atoms with Gasteiger partial charge in [0.15, 0.2) is 5.16 Å². The number of amides is 1. The highest BCUT2D eigenvalue weighted by atomic mass is 32.2. The molecule has 2 rings (SSSR count). The summed E-state index contributed by atoms with van der Waals surface area (Å²) >= 11 is 1.14. The Bertz CT molecular complexity index is 656. The van der Waals surface area contributed by atoms with Crippen molar-refractivity contribution in [1.29, 1.82) is 0 Å². The molecule has 0 bridgehead atoms. The van der Waals surface area contributed by atoms with Crippen LogP contribution in [0.4, 0.5) is 0 Å². The summed E-state index contributed by atoms with van der Waals surface area (Å²) in [4.78, 5) is 30.7. The van der Waals surface area contributed by atoms with E-state index in [1.54, 1.807) is 12.4 Å². The Hall–Kier alpha value is -2.09. The van der Waals surface area contributed by atoms with Crippen molar-refractivity contribution in [2.75, 3.05) is 12.3 Å². The van der Waals surface area contributed by atoms with Crippen LogP contribution in [-0.4, -0.2) is 43.8 Å². The van der Waals surface area contributed by atoms with Gasteiger partial charge in [0.25, 0.3) is 0 Å². The summed E-state index contributed by atoms with van der Waals surface area (Å²) in [6, 6.07) is 1.81. The molecular formula is C13H16N4O3S. The number of hydrogen-bond donors (Lipinski definition) is 2. The lowest BCUT2D eigenvalue weighted by atomic mass is 10.3. The maximum absolute atomic E-state index is 11.6. The van der Waals surface area contributed by atoms with Crippen LogP contribution < -0.4 is 5.32 Å². The number of rotatable bonds is 7. The van der Waals surface area contributed by atoms with Crippen molar-refractivity contribution in [2.24, 2.45) is 0 Å². The number of aliphatic carboxylic acids is 1. The number of aromatic nitrogens is 3. The molecule has 0 radical (unpaired) electrons. The lowest BCUT2D eigenvalue weighted by molar-refractivity contribution is -0.134. The molecule has 2 aromatic rings. The van der Waals surface area contributed by atoms with E-state index in [1.807, 2.05) is 17.6 Å². The Balaban J connectivity index is 2.22. The summed E-state index contributed by atoms with van der Waals surface area (Å²) in [5.41, 5.74) is 1.54. The monoisotopic (exact) mass is 308 g/mol. The van der Waals surface area contributed by atoms with Crippen LogP contribution in [0.25, 0.3) is 11.0 Å². The van der Waals surface area contributed by atoms with Crippen LogP contribution in [0.5, 0.6) is 0 Å². The predicted octanol–water partition coefficient (Wildman–Crippen LogP) is 1.13. The lowest BCUT2D eigenvalue weighted by Crippen LogP contribution is -2.23. The molecule has 2 N–H and O–H groups in total. The highest BCUT2D eigenvalue weighted by Crippen LogP contribution is 2.23. The van der Waals surface area contributed by atoms with E-state index in [-0.39, 0.29) is 11.7 Å². The molecule has 0 saturated carbocycles. The fourth-order valence-electron chi connectivity index (χ4n) is 1.91. The molecule has 1 amide bonds. The number of carboxylic acids is 1. The molecule has 0 aromatic carbocycles. The zero-order valence-electron chi connectivity index (χ0n) is 11.6. The normalized spacial score (nSPS) is 10.7. The molecule has 112 valence electrons. The second-order valence-corrected chi connectivity index (χ2v) is 5.24. The Morgan fingerprint density at radius 3 is 3.00 bits per heavy atom. The number of thioether (sulfide) groups is 1. The SMILES string of the molecule is CCNC(=O)CCn1c(SCC(=O)O)nc2cnccc21. The third-order valence-corrected chi connectivity index (χ3v) is 3.74. The van der Waals surface area contributed by atoms with Crippen LogP contribution in [0.15, 0.2) is 23.6 Å². The van der Waals surface area contributed by atoms with Gasteiger partial charge in [-0.05, 0) is 13.0 Å². The molecule has 8 heteroatoms. The molecule has 0 aliphatic rings. The second kappa shape index (κ2) is 7.07. The average Bonchev–Trinajstić information content (AvgIpc) is 2.81. The molecule has 0 spiro atoms. The number of pyridine rings is 1. The standard InChI is InChI=1S/C13H16N4O3S/c1-2-15-11(18)4-6-17-10-3-5-14-7-9(10)16-13(17)21-8-12(19)20/h3,5,7H,2,4,6,8H2,1H3,(H,15,18)(H,19,20). The van der Waals surface area contributed by atoms with Gasteiger partial charge in [-0.15, -0.1) is 0 Å². The van der Waals surface area contributed by atoms with Crippen LogP contribution in [0.2, 0.25) is 0 Å². The summed E-state index contributed by atoms with van der Waals surface area (Å²) < 4.78 is 1.86. The average molecular weight is 308 g/mol. The van der Waals surface area contributed by atoms with E-state index in [1.165, 1.54) is 0 Å². The summed E-state index contributed by atoms with van der Waals surface area (Å²) in [6.07, 6.45) is 3.60. The van der Waals surface area contributed by atoms with Gasteiger partial charge < -0.3 is 15.0 Å². The molecule has 0 atom stereocenters. The molecule has 2 heterocycles. The number of carboxylic acid groups (broad SMARTS) is 1. The summed E-state index contributed by atoms with van der Waals surface area (Å²) in [5.74, 6) is -1.01. The summed E-state index contributed by atoms with van der Waals surface area (Å²) in [7, 11) is 0. The number of carbonyl (C=O) groups excluding carboxylic acids is 1. The first-order valence-electron chi connectivity index (χ1n) is 6.53. The zero-order valence-corrected chi connectivity index (χ0v) is 12.4. The number of carbonyl (C=O) groups is 2. The van der Waals surface area contributed by atoms with E-state index in [0.29, 0.717) is 30.2 Å². The molecular weight excluding hydrogens is 292 g/mol. The minimum atomic E-state index is -0.902. The largest absolute Gasteiger partial charge is 0.481 e. The number of nitrogens with one attached hydrogen (secondary N) is 1. The third-order valence-electron chi connectivity index (χ3n) is 2.78. The van der Waals surface area contributed by atoms with Gasteiger partial charge in [-0.3, -0.25) is 14.6 Å². The van der Waals surface area contributed by atoms with Crippen molar-refractivity contribution < 1.29 is 14.7 Å². The molecule has 7 nitrogen and oxygen atoms in total. The fourth-order valence-corrected chi connectivity index (χ4v) is 2.67. The Labute approximate surface area is 125 Å². The topological polar surface area (TPSA) is 97.1 Å². The minimum absolute atomic E-state index is 0.0393. The van der Waals surface area contributed by atoms with E-state index >= 15 is 0 Å². The molecule has 0 unspecified atom stereocenters. The number of nitrogens with zero attached hydrogens (tertiary/aromatic N) is 3. The van der Waals surface area contributed by atoms with Crippen LogP contribution in [0.3, 0.4) is 0 Å². The van der Waals surface area contributed by atoms with Gasteiger partial charge in [-0.1, -0.05) is 11.8 Å². The van der Waals surface area contributed by atoms with E-state index in [4.69, 9.17) is 5.11 Å². The van der Waals surface area contributed by atoms with Gasteiger partial charge in [-0.25, -0.2) is 4.98 Å². The van der Waals surface area contributed by atoms with E-state index in [0.717, 1.165) is 17.3 Å². The fraction of sp³-hybridized carbons (Fsp3) is 0.385. The number of fused-ring (bicyclic) bond motifs is 1. The quantitative estimate of drug-likeness (QED) is 0.744. The molecule has 0 aliphatic heterocycles. The van der Waals surface area contributed by atoms with Crippen molar-refractivity contribution in [3.05, 3.63) is 18.5 Å². The maximum Gasteiger partial charge on any atom is 0.313 e. The molecule has 0 aliphatic carbocycles. The van der Waals surface area contributed by atoms with Crippen molar-refractivity contribution in [1.82, 2.24) is 19.9 Å². The van der Waals surface area contributed by atoms with E-state index in [9.17, 15) is 9.59 Å². The van der Waals surface area contributed by atoms with Crippen LogP contribution in [0.1, 0.15) is 13.3 Å². The van der Waals surface area contributed by atoms with Crippen LogP contribution in [-0.2, 0) is 16.1 Å². The first-order chi connectivity index (χ1) is 10.1. The first kappa shape index (κ1) is 15.3. The van der Waals surface area contributed by atoms with Gasteiger partial charge in [-0.2, -0.15) is 0 Å². The van der Waals surface area contributed by atoms with Crippen LogP contribution >= 0.6 is 11.8 Å². The van der Waals surface area contributed by atoms with Crippen molar-refractivity contribution >= 4 is 34.7 Å². The summed E-state index contributed by atoms with van der Waals surface area (Å²) in [5, 5.41) is 12.1. The maximum atomic E-state index is 11.6. The van der Waals surface area contributed by atoms with Gasteiger partial charge >= 0.3 is 5.97 Å². The first-order valence-corrected chi connectivity index (χ1v) is 7.52. The molecule has 2 aromatic heterocycles. The molecule has 21 heavy (non-hydrogen) atoms. The number of aryl methyl sites for hydroxylation is 1. The highest BCUT2D eigenvalue weighted by Gasteiger charge is 2.13. The van der Waals surface area contributed by atoms with E-state index < -0.39 is 5.97 Å². The Morgan fingerprint density at radius 1 is 1.48 bits per heavy atom.